The van der Waals surface area contributed by atoms with E-state index in [9.17, 15) is 19.8 Å². The van der Waals surface area contributed by atoms with Crippen LogP contribution < -0.4 is 0 Å². The van der Waals surface area contributed by atoms with Crippen molar-refractivity contribution in [3.63, 3.8) is 0 Å². The number of aliphatic carboxylic acids is 1. The van der Waals surface area contributed by atoms with Gasteiger partial charge in [0.15, 0.2) is 6.10 Å². The van der Waals surface area contributed by atoms with Crippen LogP contribution in [0.15, 0.2) is 54.7 Å². The fourth-order valence-corrected chi connectivity index (χ4v) is 4.26. The number of aromatic nitrogens is 3. The number of aliphatic hydroxyl groups is 1. The summed E-state index contributed by atoms with van der Waals surface area (Å²) in [6.45, 7) is 2.91. The number of amides is 1. The maximum atomic E-state index is 12.9. The van der Waals surface area contributed by atoms with Gasteiger partial charge in [-0.1, -0.05) is 41.6 Å². The summed E-state index contributed by atoms with van der Waals surface area (Å²) in [4.78, 5) is 25.8. The van der Waals surface area contributed by atoms with Crippen LogP contribution in [0.3, 0.4) is 0 Å². The number of ether oxygens (including phenoxy) is 1. The van der Waals surface area contributed by atoms with Gasteiger partial charge in [-0.3, -0.25) is 4.79 Å². The van der Waals surface area contributed by atoms with Gasteiger partial charge in [-0.25, -0.2) is 9.48 Å². The number of carbonyl (C=O) groups is 2. The highest BCUT2D eigenvalue weighted by Gasteiger charge is 2.40. The van der Waals surface area contributed by atoms with Gasteiger partial charge in [-0.2, -0.15) is 0 Å². The number of hydrogen-bond acceptors (Lipinski definition) is 6. The first-order valence-electron chi connectivity index (χ1n) is 11.1. The summed E-state index contributed by atoms with van der Waals surface area (Å²) >= 11 is 0. The Hall–Kier alpha value is -3.56. The van der Waals surface area contributed by atoms with E-state index in [0.717, 1.165) is 16.7 Å². The van der Waals surface area contributed by atoms with Crippen LogP contribution in [0, 0.1) is 12.8 Å². The number of carboxylic acids is 1. The number of nitrogens with zero attached hydrogens (tertiary/aromatic N) is 4. The number of carboxylic acid groups (broad SMARTS) is 1. The normalized spacial score (nSPS) is 15.6. The van der Waals surface area contributed by atoms with Crippen LogP contribution in [0.5, 0.6) is 0 Å². The molecular formula is C25H28N4O5. The van der Waals surface area contributed by atoms with Gasteiger partial charge in [0.1, 0.15) is 5.69 Å². The van der Waals surface area contributed by atoms with E-state index in [1.807, 2.05) is 43.3 Å². The highest BCUT2D eigenvalue weighted by Crippen LogP contribution is 2.27. The number of hydrogen-bond donors (Lipinski definition) is 2. The third-order valence-corrected chi connectivity index (χ3v) is 6.13. The summed E-state index contributed by atoms with van der Waals surface area (Å²) in [7, 11) is 1.36. The minimum Gasteiger partial charge on any atom is -0.479 e. The molecule has 9 heteroatoms. The molecule has 178 valence electrons. The molecule has 2 aromatic carbocycles. The van der Waals surface area contributed by atoms with E-state index >= 15 is 0 Å². The van der Waals surface area contributed by atoms with Crippen LogP contribution in [-0.4, -0.2) is 74.4 Å². The van der Waals surface area contributed by atoms with Crippen molar-refractivity contribution in [1.82, 2.24) is 19.9 Å². The standard InChI is InChI=1S/C25H28N4O5/c1-16-8-9-18(24(31)28-12-19(13-28)23(34-2)25(32)33)11-21(16)22-15-29(27-26-22)14-20(30)10-17-6-4-3-5-7-17/h3-9,11,15,19-20,23,30H,10,12-14H2,1-2H3,(H,32,33)/t20-,23?/m0/s1. The summed E-state index contributed by atoms with van der Waals surface area (Å²) in [5.74, 6) is -1.41. The predicted octanol–water partition coefficient (Wildman–Crippen LogP) is 2.03. The molecule has 9 nitrogen and oxygen atoms in total. The van der Waals surface area contributed by atoms with E-state index in [1.54, 1.807) is 27.9 Å². The summed E-state index contributed by atoms with van der Waals surface area (Å²) in [6, 6.07) is 15.2. The number of carbonyl (C=O) groups excluding carboxylic acids is 1. The molecule has 0 aliphatic carbocycles. The number of likely N-dealkylation sites (tertiary alicyclic amines) is 1. The van der Waals surface area contributed by atoms with E-state index in [-0.39, 0.29) is 11.8 Å². The molecule has 4 rings (SSSR count). The van der Waals surface area contributed by atoms with Gasteiger partial charge in [0.2, 0.25) is 0 Å². The Morgan fingerprint density at radius 1 is 1.18 bits per heavy atom. The average Bonchev–Trinajstić information content (AvgIpc) is 3.24. The largest absolute Gasteiger partial charge is 0.479 e. The highest BCUT2D eigenvalue weighted by molar-refractivity contribution is 5.96. The Morgan fingerprint density at radius 2 is 1.91 bits per heavy atom. The first-order valence-corrected chi connectivity index (χ1v) is 11.1. The van der Waals surface area contributed by atoms with Crippen molar-refractivity contribution < 1.29 is 24.5 Å². The molecule has 1 aliphatic rings. The molecule has 34 heavy (non-hydrogen) atoms. The van der Waals surface area contributed by atoms with Crippen molar-refractivity contribution in [2.45, 2.75) is 32.1 Å². The highest BCUT2D eigenvalue weighted by atomic mass is 16.5. The van der Waals surface area contributed by atoms with Gasteiger partial charge in [0.25, 0.3) is 5.91 Å². The summed E-state index contributed by atoms with van der Waals surface area (Å²) < 4.78 is 6.64. The molecule has 0 spiro atoms. The third-order valence-electron chi connectivity index (χ3n) is 6.13. The molecule has 1 saturated heterocycles. The van der Waals surface area contributed by atoms with Crippen molar-refractivity contribution in [3.05, 3.63) is 71.4 Å². The fourth-order valence-electron chi connectivity index (χ4n) is 4.26. The van der Waals surface area contributed by atoms with Crippen molar-refractivity contribution >= 4 is 11.9 Å². The second-order valence-corrected chi connectivity index (χ2v) is 8.66. The van der Waals surface area contributed by atoms with E-state index in [1.165, 1.54) is 7.11 Å². The molecule has 0 radical (unpaired) electrons. The molecule has 2 atom stereocenters. The lowest BCUT2D eigenvalue weighted by Crippen LogP contribution is -2.56. The van der Waals surface area contributed by atoms with Gasteiger partial charge >= 0.3 is 5.97 Å². The van der Waals surface area contributed by atoms with Gasteiger partial charge in [-0.05, 0) is 30.2 Å². The van der Waals surface area contributed by atoms with Crippen molar-refractivity contribution in [1.29, 1.82) is 0 Å². The first kappa shape index (κ1) is 23.6. The van der Waals surface area contributed by atoms with Gasteiger partial charge in [-0.15, -0.1) is 5.10 Å². The summed E-state index contributed by atoms with van der Waals surface area (Å²) in [5, 5.41) is 28.0. The molecule has 0 bridgehead atoms. The Kier molecular flexibility index (Phi) is 7.04. The van der Waals surface area contributed by atoms with Gasteiger partial charge in [0, 0.05) is 43.7 Å². The quantitative estimate of drug-likeness (QED) is 0.497. The minimum absolute atomic E-state index is 0.164. The van der Waals surface area contributed by atoms with Crippen molar-refractivity contribution in [2.75, 3.05) is 20.2 Å². The zero-order chi connectivity index (χ0) is 24.2. The fraction of sp³-hybridized carbons (Fsp3) is 0.360. The summed E-state index contributed by atoms with van der Waals surface area (Å²) in [5.41, 5.74) is 3.89. The zero-order valence-corrected chi connectivity index (χ0v) is 19.2. The topological polar surface area (TPSA) is 118 Å². The monoisotopic (exact) mass is 464 g/mol. The lowest BCUT2D eigenvalue weighted by atomic mass is 9.92. The molecule has 1 fully saturated rings. The molecule has 1 amide bonds. The Bertz CT molecular complexity index is 1160. The Morgan fingerprint density at radius 3 is 2.59 bits per heavy atom. The van der Waals surface area contributed by atoms with Crippen molar-refractivity contribution in [3.8, 4) is 11.3 Å². The smallest absolute Gasteiger partial charge is 0.333 e. The Labute approximate surface area is 197 Å². The molecule has 2 N–H and O–H groups in total. The maximum absolute atomic E-state index is 12.9. The molecule has 1 aromatic heterocycles. The average molecular weight is 465 g/mol. The molecule has 1 unspecified atom stereocenters. The molecule has 0 saturated carbocycles. The number of aliphatic hydroxyl groups excluding tert-OH is 1. The van der Waals surface area contributed by atoms with E-state index in [4.69, 9.17) is 4.74 Å². The summed E-state index contributed by atoms with van der Waals surface area (Å²) in [6.07, 6.45) is 0.763. The van der Waals surface area contributed by atoms with Crippen LogP contribution >= 0.6 is 0 Å². The number of benzene rings is 2. The molecule has 2 heterocycles. The van der Waals surface area contributed by atoms with Crippen LogP contribution in [0.1, 0.15) is 21.5 Å². The lowest BCUT2D eigenvalue weighted by molar-refractivity contribution is -0.155. The minimum atomic E-state index is -1.02. The number of methoxy groups -OCH3 is 1. The predicted molar refractivity (Wildman–Crippen MR) is 124 cm³/mol. The van der Waals surface area contributed by atoms with Gasteiger partial charge < -0.3 is 19.8 Å². The number of aryl methyl sites for hydroxylation is 1. The second-order valence-electron chi connectivity index (χ2n) is 8.66. The van der Waals surface area contributed by atoms with E-state index in [2.05, 4.69) is 10.3 Å². The second kappa shape index (κ2) is 10.1. The molecular weight excluding hydrogens is 436 g/mol. The SMILES string of the molecule is COC(C(=O)O)C1CN(C(=O)c2ccc(C)c(-c3cn(C[C@@H](O)Cc4ccccc4)nn3)c2)C1. The molecule has 3 aromatic rings. The van der Waals surface area contributed by atoms with Gasteiger partial charge in [0.05, 0.1) is 18.8 Å². The van der Waals surface area contributed by atoms with Crippen molar-refractivity contribution in [2.24, 2.45) is 5.92 Å². The maximum Gasteiger partial charge on any atom is 0.333 e. The zero-order valence-electron chi connectivity index (χ0n) is 19.2. The van der Waals surface area contributed by atoms with Crippen LogP contribution in [0.25, 0.3) is 11.3 Å². The third kappa shape index (κ3) is 5.16. The Balaban J connectivity index is 1.42. The van der Waals surface area contributed by atoms with Crippen LogP contribution in [0.2, 0.25) is 0 Å². The first-order chi connectivity index (χ1) is 16.4. The molecule has 1 aliphatic heterocycles. The van der Waals surface area contributed by atoms with Crippen LogP contribution in [-0.2, 0) is 22.5 Å². The number of rotatable bonds is 9. The van der Waals surface area contributed by atoms with E-state index < -0.39 is 18.2 Å². The lowest BCUT2D eigenvalue weighted by Gasteiger charge is -2.41. The van der Waals surface area contributed by atoms with Crippen LogP contribution in [0.4, 0.5) is 0 Å². The van der Waals surface area contributed by atoms with E-state index in [0.29, 0.717) is 37.3 Å².